The number of hydrogen-bond donors (Lipinski definition) is 2. The monoisotopic (exact) mass is 410 g/mol. The fourth-order valence-electron chi connectivity index (χ4n) is 4.31. The van der Waals surface area contributed by atoms with Gasteiger partial charge in [-0.05, 0) is 31.6 Å². The van der Waals surface area contributed by atoms with E-state index >= 15 is 0 Å². The minimum atomic E-state index is -3.18. The van der Waals surface area contributed by atoms with E-state index in [2.05, 4.69) is 15.5 Å². The summed E-state index contributed by atoms with van der Waals surface area (Å²) < 4.78 is 26.1. The molecule has 1 aliphatic carbocycles. The van der Waals surface area contributed by atoms with Gasteiger partial charge in [0.25, 0.3) is 0 Å². The normalized spacial score (nSPS) is 20.3. The molecule has 2 fully saturated rings. The molecule has 1 aromatic heterocycles. The number of nitrogens with one attached hydrogen (secondary N) is 2. The van der Waals surface area contributed by atoms with Crippen molar-refractivity contribution in [1.29, 1.82) is 0 Å². The molecule has 0 aromatic carbocycles. The standard InChI is InChI=1S/C20H34N4O3S/c1-2-3-13-28(26,27)24-11-9-17(10-12-24)20(25)21-19-15-18(22-23-19)14-16-7-5-4-6-8-16/h15-17H,2-14H2,1H3,(H2,21,22,23,25). The van der Waals surface area contributed by atoms with Gasteiger partial charge in [-0.1, -0.05) is 45.4 Å². The first-order chi connectivity index (χ1) is 13.5. The zero-order valence-electron chi connectivity index (χ0n) is 17.0. The van der Waals surface area contributed by atoms with Crippen LogP contribution in [0.1, 0.15) is 70.4 Å². The molecule has 0 radical (unpaired) electrons. The Kier molecular flexibility index (Phi) is 7.51. The fourth-order valence-corrected chi connectivity index (χ4v) is 5.99. The number of anilines is 1. The smallest absolute Gasteiger partial charge is 0.228 e. The van der Waals surface area contributed by atoms with Gasteiger partial charge in [-0.2, -0.15) is 5.10 Å². The van der Waals surface area contributed by atoms with Gasteiger partial charge in [-0.25, -0.2) is 12.7 Å². The first-order valence-corrected chi connectivity index (χ1v) is 12.4. The number of unbranched alkanes of at least 4 members (excludes halogenated alkanes) is 1. The zero-order chi connectivity index (χ0) is 20.0. The molecule has 2 N–H and O–H groups in total. The van der Waals surface area contributed by atoms with Crippen molar-refractivity contribution in [3.8, 4) is 0 Å². The van der Waals surface area contributed by atoms with Crippen molar-refractivity contribution in [3.63, 3.8) is 0 Å². The van der Waals surface area contributed by atoms with Gasteiger partial charge in [-0.15, -0.1) is 0 Å². The number of carbonyl (C=O) groups excluding carboxylic acids is 1. The van der Waals surface area contributed by atoms with Crippen LogP contribution in [-0.4, -0.2) is 47.7 Å². The van der Waals surface area contributed by atoms with Crippen molar-refractivity contribution in [2.24, 2.45) is 11.8 Å². The van der Waals surface area contributed by atoms with Crippen molar-refractivity contribution in [2.75, 3.05) is 24.2 Å². The van der Waals surface area contributed by atoms with Crippen molar-refractivity contribution < 1.29 is 13.2 Å². The van der Waals surface area contributed by atoms with Gasteiger partial charge < -0.3 is 5.32 Å². The maximum Gasteiger partial charge on any atom is 0.228 e. The third-order valence-electron chi connectivity index (χ3n) is 6.09. The van der Waals surface area contributed by atoms with Crippen LogP contribution in [0.25, 0.3) is 0 Å². The van der Waals surface area contributed by atoms with E-state index < -0.39 is 10.0 Å². The van der Waals surface area contributed by atoms with E-state index in [-0.39, 0.29) is 17.6 Å². The number of piperidine rings is 1. The summed E-state index contributed by atoms with van der Waals surface area (Å²) in [4.78, 5) is 12.6. The summed E-state index contributed by atoms with van der Waals surface area (Å²) in [6.45, 7) is 2.84. The molecule has 0 unspecified atom stereocenters. The molecule has 2 heterocycles. The highest BCUT2D eigenvalue weighted by Crippen LogP contribution is 2.27. The van der Waals surface area contributed by atoms with E-state index in [0.29, 0.717) is 38.2 Å². The Balaban J connectivity index is 1.45. The maximum atomic E-state index is 12.6. The molecule has 7 nitrogen and oxygen atoms in total. The van der Waals surface area contributed by atoms with Gasteiger partial charge in [0.05, 0.1) is 5.75 Å². The number of sulfonamides is 1. The summed E-state index contributed by atoms with van der Waals surface area (Å²) in [7, 11) is -3.18. The van der Waals surface area contributed by atoms with Crippen molar-refractivity contribution >= 4 is 21.7 Å². The number of aromatic amines is 1. The molecule has 3 rings (SSSR count). The molecule has 1 aromatic rings. The molecule has 8 heteroatoms. The number of nitrogens with zero attached hydrogens (tertiary/aromatic N) is 2. The Morgan fingerprint density at radius 2 is 1.93 bits per heavy atom. The lowest BCUT2D eigenvalue weighted by atomic mass is 9.86. The molecule has 1 saturated heterocycles. The number of hydrogen-bond acceptors (Lipinski definition) is 4. The van der Waals surface area contributed by atoms with Crippen molar-refractivity contribution in [1.82, 2.24) is 14.5 Å². The van der Waals surface area contributed by atoms with Crippen LogP contribution in [0.3, 0.4) is 0 Å². The number of carbonyl (C=O) groups is 1. The van der Waals surface area contributed by atoms with Crippen LogP contribution >= 0.6 is 0 Å². The molecule has 2 aliphatic rings. The first-order valence-electron chi connectivity index (χ1n) is 10.8. The highest BCUT2D eigenvalue weighted by Gasteiger charge is 2.31. The lowest BCUT2D eigenvalue weighted by Crippen LogP contribution is -2.42. The van der Waals surface area contributed by atoms with Gasteiger partial charge >= 0.3 is 0 Å². The van der Waals surface area contributed by atoms with E-state index in [1.54, 1.807) is 4.31 Å². The lowest BCUT2D eigenvalue weighted by Gasteiger charge is -2.30. The summed E-state index contributed by atoms with van der Waals surface area (Å²) >= 11 is 0. The van der Waals surface area contributed by atoms with Crippen LogP contribution in [-0.2, 0) is 21.2 Å². The number of H-pyrrole nitrogens is 1. The van der Waals surface area contributed by atoms with Gasteiger partial charge in [0.1, 0.15) is 0 Å². The van der Waals surface area contributed by atoms with E-state index in [0.717, 1.165) is 24.5 Å². The Morgan fingerprint density at radius 3 is 2.61 bits per heavy atom. The summed E-state index contributed by atoms with van der Waals surface area (Å²) in [6, 6.07) is 1.94. The third kappa shape index (κ3) is 5.80. The molecule has 28 heavy (non-hydrogen) atoms. The largest absolute Gasteiger partial charge is 0.309 e. The second kappa shape index (κ2) is 9.87. The number of aromatic nitrogens is 2. The van der Waals surface area contributed by atoms with Crippen LogP contribution < -0.4 is 5.32 Å². The predicted molar refractivity (Wildman–Crippen MR) is 110 cm³/mol. The molecule has 0 bridgehead atoms. The average molecular weight is 411 g/mol. The second-order valence-corrected chi connectivity index (χ2v) is 10.4. The van der Waals surface area contributed by atoms with Crippen molar-refractivity contribution in [3.05, 3.63) is 11.8 Å². The Hall–Kier alpha value is -1.41. The first kappa shape index (κ1) is 21.3. The van der Waals surface area contributed by atoms with Crippen LogP contribution in [0, 0.1) is 11.8 Å². The third-order valence-corrected chi connectivity index (χ3v) is 8.05. The minimum Gasteiger partial charge on any atom is -0.309 e. The van der Waals surface area contributed by atoms with E-state index in [1.165, 1.54) is 32.1 Å². The van der Waals surface area contributed by atoms with Crippen LogP contribution in [0.2, 0.25) is 0 Å². The lowest BCUT2D eigenvalue weighted by molar-refractivity contribution is -0.120. The molecule has 1 amide bonds. The molecule has 1 aliphatic heterocycles. The van der Waals surface area contributed by atoms with E-state index in [1.807, 2.05) is 13.0 Å². The topological polar surface area (TPSA) is 95.2 Å². The molecule has 0 spiro atoms. The highest BCUT2D eigenvalue weighted by molar-refractivity contribution is 7.89. The summed E-state index contributed by atoms with van der Waals surface area (Å²) in [5.74, 6) is 1.29. The molecular formula is C20H34N4O3S. The van der Waals surface area contributed by atoms with Crippen LogP contribution in [0.4, 0.5) is 5.82 Å². The SMILES string of the molecule is CCCCS(=O)(=O)N1CCC(C(=O)Nc2cc(CC3CCCCC3)[nH]n2)CC1. The number of amides is 1. The van der Waals surface area contributed by atoms with E-state index in [9.17, 15) is 13.2 Å². The molecule has 1 saturated carbocycles. The molecule has 158 valence electrons. The van der Waals surface area contributed by atoms with Gasteiger partial charge in [0.15, 0.2) is 5.82 Å². The fraction of sp³-hybridized carbons (Fsp3) is 0.800. The number of rotatable bonds is 8. The zero-order valence-corrected chi connectivity index (χ0v) is 17.8. The van der Waals surface area contributed by atoms with E-state index in [4.69, 9.17) is 0 Å². The highest BCUT2D eigenvalue weighted by atomic mass is 32.2. The molecule has 0 atom stereocenters. The Bertz CT molecular complexity index is 732. The van der Waals surface area contributed by atoms with Crippen LogP contribution in [0.15, 0.2) is 6.07 Å². The predicted octanol–water partition coefficient (Wildman–Crippen LogP) is 3.31. The van der Waals surface area contributed by atoms with Crippen LogP contribution in [0.5, 0.6) is 0 Å². The van der Waals surface area contributed by atoms with Gasteiger partial charge in [0.2, 0.25) is 15.9 Å². The van der Waals surface area contributed by atoms with Gasteiger partial charge in [0, 0.05) is 30.8 Å². The summed E-state index contributed by atoms with van der Waals surface area (Å²) in [5, 5.41) is 10.2. The summed E-state index contributed by atoms with van der Waals surface area (Å²) in [6.07, 6.45) is 10.2. The molecular weight excluding hydrogens is 376 g/mol. The Morgan fingerprint density at radius 1 is 1.21 bits per heavy atom. The summed E-state index contributed by atoms with van der Waals surface area (Å²) in [5.41, 5.74) is 1.08. The Labute approximate surface area is 168 Å². The quantitative estimate of drug-likeness (QED) is 0.687. The maximum absolute atomic E-state index is 12.6. The average Bonchev–Trinajstić information content (AvgIpc) is 3.14. The minimum absolute atomic E-state index is 0.0543. The second-order valence-electron chi connectivity index (χ2n) is 8.32. The van der Waals surface area contributed by atoms with Gasteiger partial charge in [-0.3, -0.25) is 9.89 Å². The van der Waals surface area contributed by atoms with Crippen molar-refractivity contribution in [2.45, 2.75) is 71.1 Å².